The topological polar surface area (TPSA) is 111 Å². The molecule has 0 fully saturated rings. The van der Waals surface area contributed by atoms with Gasteiger partial charge >= 0.3 is 5.97 Å². The number of nitrogens with one attached hydrogen (secondary N) is 1. The largest absolute Gasteiger partial charge is 0.465 e. The van der Waals surface area contributed by atoms with Crippen LogP contribution in [0.1, 0.15) is 26.4 Å². The molecular weight excluding hydrogens is 412 g/mol. The first-order valence-corrected chi connectivity index (χ1v) is 9.92. The number of nitrogens with zero attached hydrogens (tertiary/aromatic N) is 3. The number of carbonyl (C=O) groups excluding carboxylic acids is 3. The van der Waals surface area contributed by atoms with Crippen molar-refractivity contribution < 1.29 is 19.1 Å². The monoisotopic (exact) mass is 432 g/mol. The van der Waals surface area contributed by atoms with Gasteiger partial charge in [-0.05, 0) is 48.4 Å². The van der Waals surface area contributed by atoms with E-state index in [-0.39, 0.29) is 18.1 Å². The minimum atomic E-state index is -0.500. The van der Waals surface area contributed by atoms with Gasteiger partial charge < -0.3 is 15.0 Å². The molecule has 2 aromatic carbocycles. The highest BCUT2D eigenvalue weighted by Gasteiger charge is 2.26. The molecule has 0 spiro atoms. The number of ether oxygens (including phenoxy) is 1. The Bertz CT molecular complexity index is 1250. The highest BCUT2D eigenvalue weighted by molar-refractivity contribution is 6.06. The van der Waals surface area contributed by atoms with Crippen LogP contribution >= 0.6 is 0 Å². The van der Waals surface area contributed by atoms with Gasteiger partial charge in [0.15, 0.2) is 0 Å². The van der Waals surface area contributed by atoms with E-state index in [9.17, 15) is 19.2 Å². The number of hydrogen-bond donors (Lipinski definition) is 1. The summed E-state index contributed by atoms with van der Waals surface area (Å²) in [5, 5.41) is 6.74. The van der Waals surface area contributed by atoms with Gasteiger partial charge in [0.05, 0.1) is 12.7 Å². The van der Waals surface area contributed by atoms with Gasteiger partial charge in [-0.1, -0.05) is 18.2 Å². The van der Waals surface area contributed by atoms with Gasteiger partial charge in [-0.25, -0.2) is 9.48 Å². The van der Waals surface area contributed by atoms with Crippen LogP contribution in [0, 0.1) is 0 Å². The third-order valence-electron chi connectivity index (χ3n) is 5.10. The Balaban J connectivity index is 1.47. The Morgan fingerprint density at radius 2 is 1.78 bits per heavy atom. The van der Waals surface area contributed by atoms with Crippen molar-refractivity contribution in [2.45, 2.75) is 13.0 Å². The summed E-state index contributed by atoms with van der Waals surface area (Å²) in [6, 6.07) is 16.3. The lowest BCUT2D eigenvalue weighted by atomic mass is 10.2. The Morgan fingerprint density at radius 3 is 2.53 bits per heavy atom. The first-order valence-electron chi connectivity index (χ1n) is 9.92. The maximum atomic E-state index is 13.0. The summed E-state index contributed by atoms with van der Waals surface area (Å²) in [6.07, 6.45) is 0.749. The van der Waals surface area contributed by atoms with Gasteiger partial charge in [-0.3, -0.25) is 14.4 Å². The molecule has 1 N–H and O–H groups in total. The molecule has 0 atom stereocenters. The molecule has 0 radical (unpaired) electrons. The molecule has 0 saturated carbocycles. The molecular formula is C23H20N4O5. The molecule has 2 amide bonds. The minimum Gasteiger partial charge on any atom is -0.465 e. The van der Waals surface area contributed by atoms with Crippen molar-refractivity contribution in [3.05, 3.63) is 87.8 Å². The molecule has 9 nitrogen and oxygen atoms in total. The Morgan fingerprint density at radius 1 is 1.03 bits per heavy atom. The van der Waals surface area contributed by atoms with Crippen molar-refractivity contribution in [1.82, 2.24) is 9.78 Å². The molecule has 0 aliphatic carbocycles. The lowest BCUT2D eigenvalue weighted by Gasteiger charge is -2.17. The zero-order valence-corrected chi connectivity index (χ0v) is 17.3. The van der Waals surface area contributed by atoms with Crippen LogP contribution in [-0.4, -0.2) is 41.2 Å². The summed E-state index contributed by atoms with van der Waals surface area (Å²) in [5.41, 5.74) is 2.27. The molecule has 0 unspecified atom stereocenters. The third kappa shape index (κ3) is 4.27. The number of fused-ring (bicyclic) bond motifs is 1. The molecule has 1 aliphatic rings. The van der Waals surface area contributed by atoms with Gasteiger partial charge in [0, 0.05) is 24.0 Å². The molecule has 32 heavy (non-hydrogen) atoms. The Kier molecular flexibility index (Phi) is 5.80. The second-order valence-corrected chi connectivity index (χ2v) is 7.17. The molecule has 162 valence electrons. The van der Waals surface area contributed by atoms with Crippen molar-refractivity contribution in [2.75, 3.05) is 23.9 Å². The highest BCUT2D eigenvalue weighted by atomic mass is 16.5. The molecule has 1 aliphatic heterocycles. The first-order chi connectivity index (χ1) is 15.5. The van der Waals surface area contributed by atoms with E-state index in [1.807, 2.05) is 24.3 Å². The van der Waals surface area contributed by atoms with Crippen LogP contribution in [0.5, 0.6) is 0 Å². The third-order valence-corrected chi connectivity index (χ3v) is 5.10. The summed E-state index contributed by atoms with van der Waals surface area (Å²) < 4.78 is 5.58. The van der Waals surface area contributed by atoms with Crippen molar-refractivity contribution in [1.29, 1.82) is 0 Å². The summed E-state index contributed by atoms with van der Waals surface area (Å²) in [6.45, 7) is 0.163. The predicted molar refractivity (Wildman–Crippen MR) is 117 cm³/mol. The first kappa shape index (κ1) is 21.0. The smallest absolute Gasteiger partial charge is 0.337 e. The maximum absolute atomic E-state index is 13.0. The highest BCUT2D eigenvalue weighted by Crippen LogP contribution is 2.28. The van der Waals surface area contributed by atoms with Crippen LogP contribution in [0.4, 0.5) is 11.4 Å². The van der Waals surface area contributed by atoms with E-state index >= 15 is 0 Å². The number of rotatable bonds is 5. The van der Waals surface area contributed by atoms with E-state index in [4.69, 9.17) is 0 Å². The van der Waals surface area contributed by atoms with Crippen LogP contribution in [-0.2, 0) is 22.5 Å². The van der Waals surface area contributed by atoms with E-state index in [0.717, 1.165) is 22.4 Å². The van der Waals surface area contributed by atoms with E-state index in [0.29, 0.717) is 17.8 Å². The number of benzene rings is 2. The van der Waals surface area contributed by atoms with Gasteiger partial charge in [-0.15, -0.1) is 0 Å². The lowest BCUT2D eigenvalue weighted by molar-refractivity contribution is -0.117. The molecule has 2 heterocycles. The average molecular weight is 432 g/mol. The standard InChI is InChI=1S/C23H20N4O5/c1-32-23(31)16-6-8-17(9-7-16)24-20(28)14-27-21(29)11-10-18(25-27)22(30)26-13-12-15-4-2-3-5-19(15)26/h2-11H,12-14H2,1H3,(H,24,28). The Hall–Kier alpha value is -4.27. The van der Waals surface area contributed by atoms with Gasteiger partial charge in [0.25, 0.3) is 11.5 Å². The van der Waals surface area contributed by atoms with E-state index < -0.39 is 17.4 Å². The van der Waals surface area contributed by atoms with Gasteiger partial charge in [0.1, 0.15) is 12.2 Å². The van der Waals surface area contributed by atoms with Crippen LogP contribution in [0.15, 0.2) is 65.5 Å². The molecule has 4 rings (SSSR count). The number of anilines is 2. The number of methoxy groups -OCH3 is 1. The number of carbonyl (C=O) groups is 3. The second-order valence-electron chi connectivity index (χ2n) is 7.17. The van der Waals surface area contributed by atoms with Gasteiger partial charge in [-0.2, -0.15) is 5.10 Å². The molecule has 3 aromatic rings. The van der Waals surface area contributed by atoms with Crippen LogP contribution in [0.2, 0.25) is 0 Å². The zero-order valence-electron chi connectivity index (χ0n) is 17.3. The summed E-state index contributed by atoms with van der Waals surface area (Å²) in [7, 11) is 1.28. The van der Waals surface area contributed by atoms with Crippen LogP contribution in [0.25, 0.3) is 0 Å². The predicted octanol–water partition coefficient (Wildman–Crippen LogP) is 1.87. The Labute approximate surface area is 183 Å². The fourth-order valence-corrected chi connectivity index (χ4v) is 3.51. The molecule has 1 aromatic heterocycles. The van der Waals surface area contributed by atoms with Crippen molar-refractivity contribution in [3.63, 3.8) is 0 Å². The fourth-order valence-electron chi connectivity index (χ4n) is 3.51. The maximum Gasteiger partial charge on any atom is 0.337 e. The van der Waals surface area contributed by atoms with Crippen LogP contribution < -0.4 is 15.8 Å². The van der Waals surface area contributed by atoms with Crippen molar-refractivity contribution in [2.24, 2.45) is 0 Å². The zero-order chi connectivity index (χ0) is 22.7. The normalized spacial score (nSPS) is 12.2. The van der Waals surface area contributed by atoms with E-state index in [2.05, 4.69) is 15.2 Å². The number of aromatic nitrogens is 2. The van der Waals surface area contributed by atoms with E-state index in [1.165, 1.54) is 31.4 Å². The second kappa shape index (κ2) is 8.84. The molecule has 0 saturated heterocycles. The van der Waals surface area contributed by atoms with Gasteiger partial charge in [0.2, 0.25) is 5.91 Å². The quantitative estimate of drug-likeness (QED) is 0.617. The molecule has 0 bridgehead atoms. The number of para-hydroxylation sites is 1. The summed E-state index contributed by atoms with van der Waals surface area (Å²) >= 11 is 0. The minimum absolute atomic E-state index is 0.0801. The van der Waals surface area contributed by atoms with Crippen molar-refractivity contribution >= 4 is 29.2 Å². The average Bonchev–Trinajstić information content (AvgIpc) is 3.24. The van der Waals surface area contributed by atoms with E-state index in [1.54, 1.807) is 17.0 Å². The van der Waals surface area contributed by atoms with Crippen molar-refractivity contribution in [3.8, 4) is 0 Å². The lowest BCUT2D eigenvalue weighted by Crippen LogP contribution is -2.34. The number of hydrogen-bond acceptors (Lipinski definition) is 6. The molecule has 9 heteroatoms. The summed E-state index contributed by atoms with van der Waals surface area (Å²) in [5.74, 6) is -1.32. The van der Waals surface area contributed by atoms with Crippen LogP contribution in [0.3, 0.4) is 0 Å². The number of amides is 2. The SMILES string of the molecule is COC(=O)c1ccc(NC(=O)Cn2nc(C(=O)N3CCc4ccccc43)ccc2=O)cc1. The summed E-state index contributed by atoms with van der Waals surface area (Å²) in [4.78, 5) is 50.7. The number of esters is 1. The fraction of sp³-hybridized carbons (Fsp3) is 0.174.